The number of rotatable bonds is 4. The minimum absolute atomic E-state index is 0.317. The first-order valence-corrected chi connectivity index (χ1v) is 8.96. The van der Waals surface area contributed by atoms with Gasteiger partial charge in [0.2, 0.25) is 5.82 Å². The van der Waals surface area contributed by atoms with Gasteiger partial charge in [0, 0.05) is 23.4 Å². The first kappa shape index (κ1) is 18.7. The van der Waals surface area contributed by atoms with E-state index in [1.807, 2.05) is 0 Å². The lowest BCUT2D eigenvalue weighted by Gasteiger charge is -2.07. The fourth-order valence-electron chi connectivity index (χ4n) is 3.01. The van der Waals surface area contributed by atoms with Crippen LogP contribution in [-0.2, 0) is 6.18 Å². The number of aromatic amines is 2. The Kier molecular flexibility index (Phi) is 4.31. The van der Waals surface area contributed by atoms with Crippen LogP contribution in [0, 0.1) is 0 Å². The fraction of sp³-hybridized carbons (Fsp3) is 0.0526. The van der Waals surface area contributed by atoms with E-state index in [0.717, 1.165) is 12.1 Å². The summed E-state index contributed by atoms with van der Waals surface area (Å²) in [4.78, 5) is 16.0. The lowest BCUT2D eigenvalue weighted by atomic mass is 10.1. The second kappa shape index (κ2) is 7.16. The molecule has 9 nitrogen and oxygen atoms in total. The molecule has 0 spiro atoms. The Morgan fingerprint density at radius 3 is 2.61 bits per heavy atom. The highest BCUT2D eigenvalue weighted by atomic mass is 19.4. The third-order valence-electron chi connectivity index (χ3n) is 4.45. The minimum atomic E-state index is -4.43. The molecule has 0 saturated carbocycles. The minimum Gasteiger partial charge on any atom is -0.337 e. The van der Waals surface area contributed by atoms with Gasteiger partial charge in [-0.3, -0.25) is 0 Å². The van der Waals surface area contributed by atoms with Gasteiger partial charge in [0.1, 0.15) is 17.5 Å². The van der Waals surface area contributed by atoms with Crippen LogP contribution in [-0.4, -0.2) is 40.6 Å². The van der Waals surface area contributed by atoms with Gasteiger partial charge in [-0.25, -0.2) is 15.0 Å². The first-order valence-electron chi connectivity index (χ1n) is 8.96. The molecular formula is C19H12F3N9. The average molecular weight is 423 g/mol. The molecule has 5 rings (SSSR count). The van der Waals surface area contributed by atoms with E-state index in [1.54, 1.807) is 36.7 Å². The zero-order valence-corrected chi connectivity index (χ0v) is 15.5. The summed E-state index contributed by atoms with van der Waals surface area (Å²) in [5.41, 5.74) is 1.43. The van der Waals surface area contributed by atoms with Crippen LogP contribution >= 0.6 is 0 Å². The van der Waals surface area contributed by atoms with Crippen LogP contribution in [0.3, 0.4) is 0 Å². The van der Waals surface area contributed by atoms with Gasteiger partial charge >= 0.3 is 6.18 Å². The van der Waals surface area contributed by atoms with Crippen LogP contribution in [0.15, 0.2) is 54.9 Å². The van der Waals surface area contributed by atoms with E-state index in [1.165, 1.54) is 6.07 Å². The number of fused-ring (bicyclic) bond motifs is 1. The molecule has 4 heterocycles. The first-order chi connectivity index (χ1) is 15.0. The van der Waals surface area contributed by atoms with E-state index in [-0.39, 0.29) is 0 Å². The predicted molar refractivity (Wildman–Crippen MR) is 105 cm³/mol. The summed E-state index contributed by atoms with van der Waals surface area (Å²) in [7, 11) is 0. The van der Waals surface area contributed by atoms with Crippen LogP contribution in [0.25, 0.3) is 33.8 Å². The Morgan fingerprint density at radius 1 is 0.935 bits per heavy atom. The van der Waals surface area contributed by atoms with Crippen LogP contribution < -0.4 is 5.32 Å². The zero-order valence-electron chi connectivity index (χ0n) is 15.5. The van der Waals surface area contributed by atoms with Crippen molar-refractivity contribution >= 4 is 22.7 Å². The van der Waals surface area contributed by atoms with E-state index < -0.39 is 11.7 Å². The van der Waals surface area contributed by atoms with Gasteiger partial charge in [-0.05, 0) is 29.5 Å². The lowest BCUT2D eigenvalue weighted by Crippen LogP contribution is -2.04. The third kappa shape index (κ3) is 3.77. The fourth-order valence-corrected chi connectivity index (χ4v) is 3.01. The van der Waals surface area contributed by atoms with Crippen molar-refractivity contribution in [3.63, 3.8) is 0 Å². The maximum absolute atomic E-state index is 13.0. The van der Waals surface area contributed by atoms with E-state index in [2.05, 4.69) is 45.9 Å². The largest absolute Gasteiger partial charge is 0.416 e. The van der Waals surface area contributed by atoms with Crippen molar-refractivity contribution in [1.29, 1.82) is 0 Å². The molecule has 0 unspecified atom stereocenters. The summed E-state index contributed by atoms with van der Waals surface area (Å²) in [6.07, 6.45) is -1.29. The summed E-state index contributed by atoms with van der Waals surface area (Å²) in [5.74, 6) is 1.71. The quantitative estimate of drug-likeness (QED) is 0.400. The summed E-state index contributed by atoms with van der Waals surface area (Å²) in [6, 6.07) is 10.1. The number of nitrogens with zero attached hydrogens (tertiary/aromatic N) is 6. The Balaban J connectivity index is 1.44. The van der Waals surface area contributed by atoms with Gasteiger partial charge in [-0.1, -0.05) is 12.1 Å². The zero-order chi connectivity index (χ0) is 21.4. The van der Waals surface area contributed by atoms with Crippen molar-refractivity contribution in [1.82, 2.24) is 40.6 Å². The number of benzene rings is 1. The number of alkyl halides is 3. The van der Waals surface area contributed by atoms with Crippen molar-refractivity contribution in [2.24, 2.45) is 0 Å². The van der Waals surface area contributed by atoms with Crippen LogP contribution in [0.1, 0.15) is 5.56 Å². The summed E-state index contributed by atoms with van der Waals surface area (Å²) in [6.45, 7) is 0. The monoisotopic (exact) mass is 423 g/mol. The molecule has 0 aliphatic rings. The number of nitrogens with one attached hydrogen (secondary N) is 3. The number of hydrogen-bond acceptors (Lipinski definition) is 7. The highest BCUT2D eigenvalue weighted by Gasteiger charge is 2.30. The van der Waals surface area contributed by atoms with Gasteiger partial charge in [-0.15, -0.1) is 10.2 Å². The van der Waals surface area contributed by atoms with Crippen molar-refractivity contribution < 1.29 is 13.2 Å². The second-order valence-electron chi connectivity index (χ2n) is 6.54. The molecule has 0 amide bonds. The highest BCUT2D eigenvalue weighted by molar-refractivity contribution is 5.81. The SMILES string of the molecule is FC(F)(F)c1cccc(-c2nc3cc(Nc4cc(-c5nn[nH]n5)ccn4)ncc3[nH]2)c1. The maximum atomic E-state index is 13.0. The molecular weight excluding hydrogens is 411 g/mol. The van der Waals surface area contributed by atoms with Gasteiger partial charge in [-0.2, -0.15) is 18.4 Å². The molecule has 31 heavy (non-hydrogen) atoms. The van der Waals surface area contributed by atoms with E-state index in [0.29, 0.717) is 45.4 Å². The number of imidazole rings is 1. The molecule has 3 N–H and O–H groups in total. The number of aromatic nitrogens is 8. The smallest absolute Gasteiger partial charge is 0.337 e. The Morgan fingerprint density at radius 2 is 1.81 bits per heavy atom. The molecule has 0 bridgehead atoms. The standard InChI is InChI=1S/C19H12F3N9/c20-19(21,22)12-3-1-2-10(6-12)17-25-13-8-16(24-9-14(13)26-17)27-15-7-11(4-5-23-15)18-28-30-31-29-18/h1-9H,(H,25,26)(H,23,24,27)(H,28,29,30,31). The molecule has 0 fully saturated rings. The molecule has 0 aliphatic heterocycles. The molecule has 154 valence electrons. The van der Waals surface area contributed by atoms with E-state index in [4.69, 9.17) is 0 Å². The average Bonchev–Trinajstić information content (AvgIpc) is 3.43. The third-order valence-corrected chi connectivity index (χ3v) is 4.45. The number of tetrazole rings is 1. The highest BCUT2D eigenvalue weighted by Crippen LogP contribution is 2.32. The molecule has 0 atom stereocenters. The molecule has 5 aromatic rings. The normalized spacial score (nSPS) is 11.7. The Bertz CT molecular complexity index is 1360. The number of H-pyrrole nitrogens is 2. The van der Waals surface area contributed by atoms with Crippen molar-refractivity contribution in [3.05, 3.63) is 60.4 Å². The predicted octanol–water partition coefficient (Wildman–Crippen LogP) is 3.96. The maximum Gasteiger partial charge on any atom is 0.416 e. The molecule has 4 aromatic heterocycles. The lowest BCUT2D eigenvalue weighted by molar-refractivity contribution is -0.137. The molecule has 12 heteroatoms. The molecule has 1 aromatic carbocycles. The van der Waals surface area contributed by atoms with Crippen LogP contribution in [0.2, 0.25) is 0 Å². The molecule has 0 aliphatic carbocycles. The second-order valence-corrected chi connectivity index (χ2v) is 6.54. The van der Waals surface area contributed by atoms with Gasteiger partial charge in [0.15, 0.2) is 0 Å². The van der Waals surface area contributed by atoms with Crippen molar-refractivity contribution in [2.75, 3.05) is 5.32 Å². The summed E-state index contributed by atoms with van der Waals surface area (Å²) >= 11 is 0. The molecule has 0 radical (unpaired) electrons. The van der Waals surface area contributed by atoms with Crippen LogP contribution in [0.4, 0.5) is 24.8 Å². The van der Waals surface area contributed by atoms with Gasteiger partial charge < -0.3 is 10.3 Å². The topological polar surface area (TPSA) is 121 Å². The van der Waals surface area contributed by atoms with E-state index >= 15 is 0 Å². The number of pyridine rings is 2. The number of anilines is 2. The van der Waals surface area contributed by atoms with Gasteiger partial charge in [0.25, 0.3) is 0 Å². The summed E-state index contributed by atoms with van der Waals surface area (Å²) < 4.78 is 39.0. The molecule has 0 saturated heterocycles. The number of hydrogen-bond donors (Lipinski definition) is 3. The summed E-state index contributed by atoms with van der Waals surface area (Å²) in [5, 5.41) is 16.8. The Labute approximate surface area is 171 Å². The van der Waals surface area contributed by atoms with Crippen molar-refractivity contribution in [2.45, 2.75) is 6.18 Å². The van der Waals surface area contributed by atoms with Crippen molar-refractivity contribution in [3.8, 4) is 22.8 Å². The number of halogens is 3. The van der Waals surface area contributed by atoms with Gasteiger partial charge in [0.05, 0.1) is 22.8 Å². The van der Waals surface area contributed by atoms with Crippen LogP contribution in [0.5, 0.6) is 0 Å². The Hall–Kier alpha value is -4.35. The van der Waals surface area contributed by atoms with E-state index in [9.17, 15) is 13.2 Å².